The molecule has 0 heterocycles. The monoisotopic (exact) mass is 372 g/mol. The third-order valence-corrected chi connectivity index (χ3v) is 4.58. The summed E-state index contributed by atoms with van der Waals surface area (Å²) in [6, 6.07) is -2.24. The van der Waals surface area contributed by atoms with Crippen molar-refractivity contribution in [2.75, 3.05) is 6.07 Å². The van der Waals surface area contributed by atoms with Gasteiger partial charge in [0.2, 0.25) is 0 Å². The average molecular weight is 373 g/mol. The SMILES string of the molecule is CC(C)OC(=O)[C@H](C)NP(=O)(N[C@@H](C)C(=O)OC(C)C)OCCl. The highest BCUT2D eigenvalue weighted by atomic mass is 35.5. The van der Waals surface area contributed by atoms with Crippen molar-refractivity contribution >= 4 is 31.2 Å². The van der Waals surface area contributed by atoms with Crippen LogP contribution in [0.15, 0.2) is 0 Å². The van der Waals surface area contributed by atoms with Crippen LogP contribution in [0.4, 0.5) is 0 Å². The van der Waals surface area contributed by atoms with Crippen LogP contribution in [0.25, 0.3) is 0 Å². The lowest BCUT2D eigenvalue weighted by molar-refractivity contribution is -0.149. The highest BCUT2D eigenvalue weighted by Gasteiger charge is 2.33. The van der Waals surface area contributed by atoms with E-state index in [1.165, 1.54) is 13.8 Å². The van der Waals surface area contributed by atoms with Gasteiger partial charge in [-0.3, -0.25) is 18.7 Å². The van der Waals surface area contributed by atoms with Gasteiger partial charge in [-0.05, 0) is 41.5 Å². The van der Waals surface area contributed by atoms with Crippen molar-refractivity contribution in [1.29, 1.82) is 0 Å². The summed E-state index contributed by atoms with van der Waals surface area (Å²) in [5.41, 5.74) is 0. The number of hydrogen-bond acceptors (Lipinski definition) is 6. The van der Waals surface area contributed by atoms with Gasteiger partial charge in [-0.2, -0.15) is 0 Å². The summed E-state index contributed by atoms with van der Waals surface area (Å²) in [6.07, 6.45) is -0.624. The highest BCUT2D eigenvalue weighted by Crippen LogP contribution is 2.39. The van der Waals surface area contributed by atoms with Crippen LogP contribution in [0.5, 0.6) is 0 Å². The molecule has 0 aromatic rings. The predicted molar refractivity (Wildman–Crippen MR) is 87.1 cm³/mol. The molecule has 0 saturated heterocycles. The van der Waals surface area contributed by atoms with E-state index in [0.29, 0.717) is 0 Å². The molecule has 0 fully saturated rings. The molecule has 0 aliphatic carbocycles. The topological polar surface area (TPSA) is 103 Å². The minimum absolute atomic E-state index is 0.312. The normalized spacial score (nSPS) is 14.7. The summed E-state index contributed by atoms with van der Waals surface area (Å²) < 4.78 is 27.7. The van der Waals surface area contributed by atoms with Gasteiger partial charge in [0.05, 0.1) is 12.2 Å². The molecule has 0 aromatic heterocycles. The highest BCUT2D eigenvalue weighted by molar-refractivity contribution is 7.54. The van der Waals surface area contributed by atoms with Crippen LogP contribution < -0.4 is 10.2 Å². The number of hydrogen-bond donors (Lipinski definition) is 2. The second-order valence-electron chi connectivity index (χ2n) is 5.46. The summed E-state index contributed by atoms with van der Waals surface area (Å²) in [7, 11) is -3.76. The van der Waals surface area contributed by atoms with E-state index >= 15 is 0 Å². The van der Waals surface area contributed by atoms with E-state index in [-0.39, 0.29) is 12.2 Å². The Morgan fingerprint density at radius 2 is 1.26 bits per heavy atom. The molecular formula is C13H26ClN2O6P. The number of esters is 2. The Morgan fingerprint density at radius 1 is 0.913 bits per heavy atom. The van der Waals surface area contributed by atoms with Crippen LogP contribution in [-0.4, -0.2) is 42.3 Å². The first-order chi connectivity index (χ1) is 10.5. The lowest BCUT2D eigenvalue weighted by atomic mass is 10.4. The lowest BCUT2D eigenvalue weighted by Crippen LogP contribution is -2.43. The van der Waals surface area contributed by atoms with Gasteiger partial charge in [0.25, 0.3) is 0 Å². The molecule has 0 aromatic carbocycles. The molecule has 0 unspecified atom stereocenters. The van der Waals surface area contributed by atoms with Crippen LogP contribution in [0.2, 0.25) is 0 Å². The number of carbonyl (C=O) groups excluding carboxylic acids is 2. The minimum atomic E-state index is -3.76. The number of alkyl halides is 1. The standard InChI is InChI=1S/C13H26ClN2O6P/c1-8(2)21-12(17)10(5)15-23(19,20-7-14)16-11(6)13(18)22-9(3)4/h8-11H,7H2,1-6H3,(H2,15,16,19)/t10-,11-/m0/s1. The van der Waals surface area contributed by atoms with E-state index in [2.05, 4.69) is 10.2 Å². The zero-order chi connectivity index (χ0) is 18.2. The van der Waals surface area contributed by atoms with E-state index in [4.69, 9.17) is 25.6 Å². The van der Waals surface area contributed by atoms with Gasteiger partial charge in [0.15, 0.2) is 0 Å². The fourth-order valence-electron chi connectivity index (χ4n) is 1.46. The molecular weight excluding hydrogens is 347 g/mol. The largest absolute Gasteiger partial charge is 0.462 e. The maximum atomic E-state index is 12.7. The van der Waals surface area contributed by atoms with Gasteiger partial charge in [0, 0.05) is 0 Å². The molecule has 0 amide bonds. The second kappa shape index (κ2) is 10.3. The van der Waals surface area contributed by atoms with Gasteiger partial charge < -0.3 is 9.47 Å². The van der Waals surface area contributed by atoms with Crippen LogP contribution >= 0.6 is 19.3 Å². The fourth-order valence-corrected chi connectivity index (χ4v) is 3.47. The average Bonchev–Trinajstić information content (AvgIpc) is 2.36. The number of rotatable bonds is 10. The molecule has 8 nitrogen and oxygen atoms in total. The smallest absolute Gasteiger partial charge is 0.343 e. The fraction of sp³-hybridized carbons (Fsp3) is 0.846. The van der Waals surface area contributed by atoms with E-state index in [9.17, 15) is 14.2 Å². The quantitative estimate of drug-likeness (QED) is 0.341. The summed E-state index contributed by atoms with van der Waals surface area (Å²) >= 11 is 5.47. The van der Waals surface area contributed by atoms with Gasteiger partial charge in [0.1, 0.15) is 18.1 Å². The number of halogens is 1. The molecule has 136 valence electrons. The van der Waals surface area contributed by atoms with Crippen LogP contribution in [-0.2, 0) is 28.2 Å². The van der Waals surface area contributed by atoms with Crippen molar-refractivity contribution in [3.63, 3.8) is 0 Å². The maximum Gasteiger partial charge on any atom is 0.343 e. The molecule has 0 bridgehead atoms. The van der Waals surface area contributed by atoms with Gasteiger partial charge in [-0.15, -0.1) is 0 Å². The van der Waals surface area contributed by atoms with E-state index in [0.717, 1.165) is 0 Å². The third kappa shape index (κ3) is 9.27. The maximum absolute atomic E-state index is 12.7. The van der Waals surface area contributed by atoms with E-state index in [1.807, 2.05) is 0 Å². The summed E-state index contributed by atoms with van der Waals surface area (Å²) in [6.45, 7) is 9.72. The van der Waals surface area contributed by atoms with Gasteiger partial charge in [-0.25, -0.2) is 10.2 Å². The molecule has 0 aliphatic heterocycles. The van der Waals surface area contributed by atoms with Crippen LogP contribution in [0.1, 0.15) is 41.5 Å². The Balaban J connectivity index is 4.88. The first kappa shape index (κ1) is 22.3. The van der Waals surface area contributed by atoms with Gasteiger partial charge in [-0.1, -0.05) is 11.6 Å². The molecule has 2 N–H and O–H groups in total. The number of nitrogens with one attached hydrogen (secondary N) is 2. The van der Waals surface area contributed by atoms with Crippen molar-refractivity contribution in [1.82, 2.24) is 10.2 Å². The molecule has 0 saturated carbocycles. The van der Waals surface area contributed by atoms with E-state index in [1.54, 1.807) is 27.7 Å². The van der Waals surface area contributed by atoms with Crippen LogP contribution in [0, 0.1) is 0 Å². The van der Waals surface area contributed by atoms with Crippen molar-refractivity contribution < 1.29 is 28.2 Å². The predicted octanol–water partition coefficient (Wildman–Crippen LogP) is 2.17. The van der Waals surface area contributed by atoms with Crippen molar-refractivity contribution in [3.8, 4) is 0 Å². The summed E-state index contributed by atoms with van der Waals surface area (Å²) in [5.74, 6) is -1.20. The Morgan fingerprint density at radius 3 is 1.52 bits per heavy atom. The van der Waals surface area contributed by atoms with Crippen molar-refractivity contribution in [3.05, 3.63) is 0 Å². The Bertz CT molecular complexity index is 412. The Kier molecular flexibility index (Phi) is 9.96. The van der Waals surface area contributed by atoms with E-state index < -0.39 is 37.8 Å². The summed E-state index contributed by atoms with van der Waals surface area (Å²) in [5, 5.41) is 4.99. The first-order valence-corrected chi connectivity index (χ1v) is 9.43. The zero-order valence-corrected chi connectivity index (χ0v) is 15.9. The number of carbonyl (C=O) groups is 2. The number of ether oxygens (including phenoxy) is 2. The third-order valence-electron chi connectivity index (χ3n) is 2.37. The molecule has 10 heteroatoms. The molecule has 0 radical (unpaired) electrons. The molecule has 23 heavy (non-hydrogen) atoms. The molecule has 2 atom stereocenters. The Hall–Kier alpha value is -0.660. The second-order valence-corrected chi connectivity index (χ2v) is 7.56. The van der Waals surface area contributed by atoms with Gasteiger partial charge >= 0.3 is 19.6 Å². The zero-order valence-electron chi connectivity index (χ0n) is 14.3. The van der Waals surface area contributed by atoms with Crippen LogP contribution in [0.3, 0.4) is 0 Å². The first-order valence-electron chi connectivity index (χ1n) is 7.28. The van der Waals surface area contributed by atoms with Crippen molar-refractivity contribution in [2.24, 2.45) is 0 Å². The summed E-state index contributed by atoms with van der Waals surface area (Å²) in [4.78, 5) is 23.6. The Labute approximate surface area is 142 Å². The lowest BCUT2D eigenvalue weighted by Gasteiger charge is -2.25. The molecule has 0 aliphatic rings. The molecule has 0 spiro atoms. The minimum Gasteiger partial charge on any atom is -0.462 e. The molecule has 0 rings (SSSR count). The van der Waals surface area contributed by atoms with Crippen molar-refractivity contribution in [2.45, 2.75) is 65.8 Å².